The molecule has 2 aromatic rings. The highest BCUT2D eigenvalue weighted by Crippen LogP contribution is 2.17. The number of benzene rings is 2. The second-order valence-electron chi connectivity index (χ2n) is 5.15. The van der Waals surface area contributed by atoms with E-state index in [2.05, 4.69) is 16.0 Å². The number of ether oxygens (including phenoxy) is 2. The molecule has 0 aromatic heterocycles. The van der Waals surface area contributed by atoms with E-state index in [-0.39, 0.29) is 6.54 Å². The lowest BCUT2D eigenvalue weighted by atomic mass is 10.3. The molecule has 0 bridgehead atoms. The van der Waals surface area contributed by atoms with E-state index in [1.54, 1.807) is 48.5 Å². The van der Waals surface area contributed by atoms with Gasteiger partial charge >= 0.3 is 11.8 Å². The van der Waals surface area contributed by atoms with Crippen LogP contribution in [0.1, 0.15) is 0 Å². The zero-order valence-corrected chi connectivity index (χ0v) is 14.4. The van der Waals surface area contributed by atoms with Gasteiger partial charge in [0.1, 0.15) is 11.5 Å². The van der Waals surface area contributed by atoms with Crippen molar-refractivity contribution in [3.8, 4) is 11.5 Å². The Hall–Kier alpha value is -3.55. The zero-order valence-electron chi connectivity index (χ0n) is 14.4. The first-order chi connectivity index (χ1) is 12.5. The van der Waals surface area contributed by atoms with Crippen molar-refractivity contribution in [3.05, 3.63) is 48.5 Å². The van der Waals surface area contributed by atoms with Crippen LogP contribution in [-0.2, 0) is 14.4 Å². The fourth-order valence-electron chi connectivity index (χ4n) is 2.04. The minimum absolute atomic E-state index is 0.346. The predicted molar refractivity (Wildman–Crippen MR) is 96.3 cm³/mol. The Balaban J connectivity index is 1.82. The molecule has 8 nitrogen and oxygen atoms in total. The molecule has 0 fully saturated rings. The average molecular weight is 357 g/mol. The van der Waals surface area contributed by atoms with Crippen molar-refractivity contribution in [2.24, 2.45) is 0 Å². The lowest BCUT2D eigenvalue weighted by Gasteiger charge is -2.09. The summed E-state index contributed by atoms with van der Waals surface area (Å²) < 4.78 is 10.1. The van der Waals surface area contributed by atoms with Gasteiger partial charge in [-0.3, -0.25) is 14.4 Å². The first kappa shape index (κ1) is 18.8. The van der Waals surface area contributed by atoms with Crippen molar-refractivity contribution in [2.75, 3.05) is 31.4 Å². The maximum absolute atomic E-state index is 11.9. The summed E-state index contributed by atoms with van der Waals surface area (Å²) in [6.45, 7) is -0.346. The number of amides is 3. The Morgan fingerprint density at radius 2 is 1.35 bits per heavy atom. The smallest absolute Gasteiger partial charge is 0.313 e. The van der Waals surface area contributed by atoms with Crippen LogP contribution in [0.3, 0.4) is 0 Å². The van der Waals surface area contributed by atoms with E-state index in [0.29, 0.717) is 22.9 Å². The number of rotatable bonds is 6. The van der Waals surface area contributed by atoms with E-state index in [9.17, 15) is 14.4 Å². The molecule has 2 rings (SSSR count). The third-order valence-corrected chi connectivity index (χ3v) is 3.30. The summed E-state index contributed by atoms with van der Waals surface area (Å²) in [7, 11) is 3.01. The zero-order chi connectivity index (χ0) is 18.9. The van der Waals surface area contributed by atoms with E-state index in [1.807, 2.05) is 0 Å². The Labute approximate surface area is 150 Å². The van der Waals surface area contributed by atoms with Crippen molar-refractivity contribution in [1.29, 1.82) is 0 Å². The summed E-state index contributed by atoms with van der Waals surface area (Å²) >= 11 is 0. The van der Waals surface area contributed by atoms with Crippen molar-refractivity contribution in [3.63, 3.8) is 0 Å². The number of hydrogen-bond acceptors (Lipinski definition) is 5. The Kier molecular flexibility index (Phi) is 6.55. The fraction of sp³-hybridized carbons (Fsp3) is 0.167. The molecule has 2 aromatic carbocycles. The molecule has 26 heavy (non-hydrogen) atoms. The van der Waals surface area contributed by atoms with Gasteiger partial charge in [-0.15, -0.1) is 0 Å². The number of carbonyl (C=O) groups excluding carboxylic acids is 3. The van der Waals surface area contributed by atoms with Gasteiger partial charge in [0.25, 0.3) is 0 Å². The summed E-state index contributed by atoms with van der Waals surface area (Å²) in [4.78, 5) is 35.5. The van der Waals surface area contributed by atoms with Crippen LogP contribution in [0.2, 0.25) is 0 Å². The van der Waals surface area contributed by atoms with Gasteiger partial charge in [0.05, 0.1) is 20.8 Å². The van der Waals surface area contributed by atoms with Crippen LogP contribution in [0.25, 0.3) is 0 Å². The summed E-state index contributed by atoms with van der Waals surface area (Å²) in [5, 5.41) is 7.27. The summed E-state index contributed by atoms with van der Waals surface area (Å²) in [5.74, 6) is -1.15. The van der Waals surface area contributed by atoms with Crippen LogP contribution in [0, 0.1) is 0 Å². The molecule has 0 spiro atoms. The molecule has 3 N–H and O–H groups in total. The maximum Gasteiger partial charge on any atom is 0.313 e. The molecule has 0 aliphatic carbocycles. The molecule has 0 heterocycles. The Bertz CT molecular complexity index is 807. The number of carbonyl (C=O) groups is 3. The quantitative estimate of drug-likeness (QED) is 0.678. The van der Waals surface area contributed by atoms with E-state index in [0.717, 1.165) is 0 Å². The van der Waals surface area contributed by atoms with E-state index >= 15 is 0 Å². The predicted octanol–water partition coefficient (Wildman–Crippen LogP) is 1.40. The van der Waals surface area contributed by atoms with E-state index in [4.69, 9.17) is 9.47 Å². The summed E-state index contributed by atoms with van der Waals surface area (Å²) in [6, 6.07) is 13.3. The first-order valence-corrected chi connectivity index (χ1v) is 7.69. The second kappa shape index (κ2) is 9.07. The van der Waals surface area contributed by atoms with Gasteiger partial charge in [-0.25, -0.2) is 0 Å². The second-order valence-corrected chi connectivity index (χ2v) is 5.15. The molecule has 0 aliphatic heterocycles. The van der Waals surface area contributed by atoms with Crippen molar-refractivity contribution in [2.45, 2.75) is 0 Å². The number of hydrogen-bond donors (Lipinski definition) is 3. The molecule has 0 unspecified atom stereocenters. The topological polar surface area (TPSA) is 106 Å². The van der Waals surface area contributed by atoms with Crippen LogP contribution in [0.5, 0.6) is 11.5 Å². The summed E-state index contributed by atoms with van der Waals surface area (Å²) in [5.41, 5.74) is 0.926. The average Bonchev–Trinajstić information content (AvgIpc) is 2.66. The molecular formula is C18H19N3O5. The van der Waals surface area contributed by atoms with Crippen molar-refractivity contribution in [1.82, 2.24) is 5.32 Å². The van der Waals surface area contributed by atoms with Gasteiger partial charge in [0.2, 0.25) is 5.91 Å². The molecule has 136 valence electrons. The minimum atomic E-state index is -0.923. The highest BCUT2D eigenvalue weighted by atomic mass is 16.5. The number of anilines is 2. The van der Waals surface area contributed by atoms with Crippen LogP contribution < -0.4 is 25.4 Å². The molecule has 0 saturated heterocycles. The molecule has 0 saturated carbocycles. The van der Waals surface area contributed by atoms with Gasteiger partial charge in [-0.1, -0.05) is 12.1 Å². The van der Waals surface area contributed by atoms with Crippen molar-refractivity contribution < 1.29 is 23.9 Å². The molecular weight excluding hydrogens is 338 g/mol. The molecule has 0 radical (unpaired) electrons. The molecule has 0 atom stereocenters. The maximum atomic E-state index is 11.9. The Morgan fingerprint density at radius 1 is 0.808 bits per heavy atom. The van der Waals surface area contributed by atoms with Crippen LogP contribution in [-0.4, -0.2) is 38.5 Å². The van der Waals surface area contributed by atoms with Gasteiger partial charge in [0, 0.05) is 23.5 Å². The van der Waals surface area contributed by atoms with Crippen molar-refractivity contribution >= 4 is 29.1 Å². The summed E-state index contributed by atoms with van der Waals surface area (Å²) in [6.07, 6.45) is 0. The molecule has 0 aliphatic rings. The fourth-order valence-corrected chi connectivity index (χ4v) is 2.04. The van der Waals surface area contributed by atoms with E-state index < -0.39 is 17.7 Å². The van der Waals surface area contributed by atoms with Crippen LogP contribution >= 0.6 is 0 Å². The third-order valence-electron chi connectivity index (χ3n) is 3.30. The van der Waals surface area contributed by atoms with Gasteiger partial charge < -0.3 is 25.4 Å². The van der Waals surface area contributed by atoms with Gasteiger partial charge in [-0.05, 0) is 24.3 Å². The standard InChI is InChI=1S/C18H19N3O5/c1-25-14-7-3-5-12(9-14)20-16(22)11-19-17(23)18(24)21-13-6-4-8-15(10-13)26-2/h3-10H,11H2,1-2H3,(H,19,23)(H,20,22)(H,21,24). The SMILES string of the molecule is COc1cccc(NC(=O)CNC(=O)C(=O)Nc2cccc(OC)c2)c1. The lowest BCUT2D eigenvalue weighted by molar-refractivity contribution is -0.136. The Morgan fingerprint density at radius 3 is 1.88 bits per heavy atom. The third kappa shape index (κ3) is 5.52. The van der Waals surface area contributed by atoms with Gasteiger partial charge in [0.15, 0.2) is 0 Å². The first-order valence-electron chi connectivity index (χ1n) is 7.69. The lowest BCUT2D eigenvalue weighted by Crippen LogP contribution is -2.39. The normalized spacial score (nSPS) is 9.77. The largest absolute Gasteiger partial charge is 0.497 e. The van der Waals surface area contributed by atoms with Crippen LogP contribution in [0.4, 0.5) is 11.4 Å². The molecule has 8 heteroatoms. The van der Waals surface area contributed by atoms with Gasteiger partial charge in [-0.2, -0.15) is 0 Å². The minimum Gasteiger partial charge on any atom is -0.497 e. The monoisotopic (exact) mass is 357 g/mol. The number of nitrogens with one attached hydrogen (secondary N) is 3. The molecule has 3 amide bonds. The van der Waals surface area contributed by atoms with E-state index in [1.165, 1.54) is 14.2 Å². The highest BCUT2D eigenvalue weighted by molar-refractivity contribution is 6.39. The van der Waals surface area contributed by atoms with Crippen LogP contribution in [0.15, 0.2) is 48.5 Å². The number of methoxy groups -OCH3 is 2. The highest BCUT2D eigenvalue weighted by Gasteiger charge is 2.15.